The molecule has 1 rings (SSSR count). The molecule has 146 valence electrons. The molecule has 1 saturated heterocycles. The first-order valence-corrected chi connectivity index (χ1v) is 8.92. The van der Waals surface area contributed by atoms with Crippen molar-refractivity contribution in [1.82, 2.24) is 15.5 Å². The zero-order valence-corrected chi connectivity index (χ0v) is 18.0. The molecule has 0 aromatic carbocycles. The summed E-state index contributed by atoms with van der Waals surface area (Å²) in [6.45, 7) is 4.32. The van der Waals surface area contributed by atoms with Crippen LogP contribution in [0.15, 0.2) is 4.99 Å². The van der Waals surface area contributed by atoms with Gasteiger partial charge < -0.3 is 20.3 Å². The monoisotopic (exact) mass is 468 g/mol. The first-order chi connectivity index (χ1) is 11.6. The average Bonchev–Trinajstić information content (AvgIpc) is 3.07. The highest BCUT2D eigenvalue weighted by molar-refractivity contribution is 14.0. The van der Waals surface area contributed by atoms with E-state index in [2.05, 4.69) is 20.4 Å². The van der Waals surface area contributed by atoms with E-state index in [4.69, 9.17) is 0 Å². The SMILES string of the molecule is CCC(=O)N1CCC(NC(=NC)NCCCCCCC(=O)OC)C1.I. The van der Waals surface area contributed by atoms with E-state index in [1.54, 1.807) is 7.05 Å². The third-order valence-electron chi connectivity index (χ3n) is 4.24. The van der Waals surface area contributed by atoms with Crippen molar-refractivity contribution < 1.29 is 14.3 Å². The van der Waals surface area contributed by atoms with Crippen LogP contribution in [0.5, 0.6) is 0 Å². The van der Waals surface area contributed by atoms with E-state index in [9.17, 15) is 9.59 Å². The number of carbonyl (C=O) groups is 2. The number of methoxy groups -OCH3 is 1. The quantitative estimate of drug-likeness (QED) is 0.178. The molecule has 25 heavy (non-hydrogen) atoms. The van der Waals surface area contributed by atoms with Crippen LogP contribution < -0.4 is 10.6 Å². The van der Waals surface area contributed by atoms with Gasteiger partial charge in [-0.3, -0.25) is 14.6 Å². The molecule has 1 aliphatic heterocycles. The first-order valence-electron chi connectivity index (χ1n) is 8.92. The Morgan fingerprint density at radius 1 is 1.24 bits per heavy atom. The summed E-state index contributed by atoms with van der Waals surface area (Å²) in [4.78, 5) is 28.8. The molecule has 0 aromatic heterocycles. The standard InChI is InChI=1S/C17H32N4O3.HI/c1-4-15(22)21-12-10-14(13-21)20-17(18-2)19-11-8-6-5-7-9-16(23)24-3;/h14H,4-13H2,1-3H3,(H2,18,19,20);1H. The van der Waals surface area contributed by atoms with Gasteiger partial charge in [0.25, 0.3) is 0 Å². The number of ether oxygens (including phenoxy) is 1. The fraction of sp³-hybridized carbons (Fsp3) is 0.824. The van der Waals surface area contributed by atoms with Crippen molar-refractivity contribution in [3.05, 3.63) is 0 Å². The van der Waals surface area contributed by atoms with Crippen molar-refractivity contribution in [2.75, 3.05) is 33.8 Å². The molecular weight excluding hydrogens is 435 g/mol. The lowest BCUT2D eigenvalue weighted by molar-refractivity contribution is -0.140. The smallest absolute Gasteiger partial charge is 0.305 e. The molecule has 1 heterocycles. The molecule has 0 spiro atoms. The molecular formula is C17H33IN4O3. The summed E-state index contributed by atoms with van der Waals surface area (Å²) in [7, 11) is 3.18. The second-order valence-electron chi connectivity index (χ2n) is 6.06. The van der Waals surface area contributed by atoms with Crippen LogP contribution in [0, 0.1) is 0 Å². The minimum atomic E-state index is -0.134. The molecule has 0 bridgehead atoms. The van der Waals surface area contributed by atoms with Crippen LogP contribution in [0.1, 0.15) is 51.9 Å². The lowest BCUT2D eigenvalue weighted by atomic mass is 10.1. The second kappa shape index (κ2) is 14.1. The zero-order valence-electron chi connectivity index (χ0n) is 15.7. The molecule has 0 radical (unpaired) electrons. The van der Waals surface area contributed by atoms with Crippen LogP contribution in [-0.2, 0) is 14.3 Å². The third kappa shape index (κ3) is 9.86. The zero-order chi connectivity index (χ0) is 17.8. The Hall–Kier alpha value is -1.06. The first kappa shape index (κ1) is 23.9. The van der Waals surface area contributed by atoms with E-state index in [1.165, 1.54) is 7.11 Å². The molecule has 0 aromatic rings. The fourth-order valence-corrected chi connectivity index (χ4v) is 2.77. The maximum atomic E-state index is 11.7. The Bertz CT molecular complexity index is 432. The maximum absolute atomic E-state index is 11.7. The van der Waals surface area contributed by atoms with Gasteiger partial charge >= 0.3 is 5.97 Å². The van der Waals surface area contributed by atoms with Crippen molar-refractivity contribution in [3.63, 3.8) is 0 Å². The van der Waals surface area contributed by atoms with Crippen molar-refractivity contribution in [2.24, 2.45) is 4.99 Å². The summed E-state index contributed by atoms with van der Waals surface area (Å²) >= 11 is 0. The molecule has 7 nitrogen and oxygen atoms in total. The number of esters is 1. The largest absolute Gasteiger partial charge is 0.469 e. The minimum absolute atomic E-state index is 0. The van der Waals surface area contributed by atoms with Crippen LogP contribution in [0.25, 0.3) is 0 Å². The summed E-state index contributed by atoms with van der Waals surface area (Å²) in [5, 5.41) is 6.69. The summed E-state index contributed by atoms with van der Waals surface area (Å²) in [6, 6.07) is 0.270. The summed E-state index contributed by atoms with van der Waals surface area (Å²) in [5.41, 5.74) is 0. The number of nitrogens with one attached hydrogen (secondary N) is 2. The van der Waals surface area contributed by atoms with Crippen LogP contribution in [0.3, 0.4) is 0 Å². The third-order valence-corrected chi connectivity index (χ3v) is 4.24. The maximum Gasteiger partial charge on any atom is 0.305 e. The van der Waals surface area contributed by atoms with Crippen LogP contribution in [0.4, 0.5) is 0 Å². The van der Waals surface area contributed by atoms with Crippen molar-refractivity contribution in [3.8, 4) is 0 Å². The van der Waals surface area contributed by atoms with E-state index in [-0.39, 0.29) is 41.9 Å². The molecule has 1 atom stereocenters. The predicted molar refractivity (Wildman–Crippen MR) is 110 cm³/mol. The van der Waals surface area contributed by atoms with Crippen molar-refractivity contribution >= 4 is 41.8 Å². The topological polar surface area (TPSA) is 83.0 Å². The molecule has 0 saturated carbocycles. The molecule has 1 amide bonds. The van der Waals surface area contributed by atoms with Crippen LogP contribution in [0.2, 0.25) is 0 Å². The number of hydrogen-bond acceptors (Lipinski definition) is 4. The number of amides is 1. The number of likely N-dealkylation sites (tertiary alicyclic amines) is 1. The molecule has 8 heteroatoms. The lowest BCUT2D eigenvalue weighted by Gasteiger charge is -2.18. The number of guanidine groups is 1. The number of nitrogens with zero attached hydrogens (tertiary/aromatic N) is 2. The highest BCUT2D eigenvalue weighted by atomic mass is 127. The number of aliphatic imine (C=N–C) groups is 1. The van der Waals surface area contributed by atoms with E-state index in [1.807, 2.05) is 11.8 Å². The Balaban J connectivity index is 0.00000576. The number of unbranched alkanes of at least 4 members (excludes halogenated alkanes) is 3. The van der Waals surface area contributed by atoms with Gasteiger partial charge in [0, 0.05) is 45.6 Å². The van der Waals surface area contributed by atoms with Gasteiger partial charge in [-0.2, -0.15) is 0 Å². The number of hydrogen-bond donors (Lipinski definition) is 2. The Labute approximate surface area is 168 Å². The molecule has 1 fully saturated rings. The van der Waals surface area contributed by atoms with Gasteiger partial charge in [-0.05, 0) is 19.3 Å². The number of carbonyl (C=O) groups excluding carboxylic acids is 2. The van der Waals surface area contributed by atoms with Gasteiger partial charge in [0.15, 0.2) is 5.96 Å². The summed E-state index contributed by atoms with van der Waals surface area (Å²) in [5.74, 6) is 0.874. The molecule has 1 unspecified atom stereocenters. The van der Waals surface area contributed by atoms with E-state index >= 15 is 0 Å². The van der Waals surface area contributed by atoms with Gasteiger partial charge in [-0.15, -0.1) is 24.0 Å². The summed E-state index contributed by atoms with van der Waals surface area (Å²) in [6.07, 6.45) is 6.04. The minimum Gasteiger partial charge on any atom is -0.469 e. The second-order valence-corrected chi connectivity index (χ2v) is 6.06. The van der Waals surface area contributed by atoms with E-state index in [0.717, 1.165) is 57.7 Å². The molecule has 1 aliphatic rings. The summed E-state index contributed by atoms with van der Waals surface area (Å²) < 4.78 is 4.62. The predicted octanol–water partition coefficient (Wildman–Crippen LogP) is 1.90. The van der Waals surface area contributed by atoms with Crippen LogP contribution in [-0.4, -0.2) is 62.6 Å². The Morgan fingerprint density at radius 3 is 2.60 bits per heavy atom. The van der Waals surface area contributed by atoms with Crippen molar-refractivity contribution in [1.29, 1.82) is 0 Å². The van der Waals surface area contributed by atoms with E-state index < -0.39 is 0 Å². The fourth-order valence-electron chi connectivity index (χ4n) is 2.77. The van der Waals surface area contributed by atoms with Gasteiger partial charge in [0.2, 0.25) is 5.91 Å². The Morgan fingerprint density at radius 2 is 1.96 bits per heavy atom. The van der Waals surface area contributed by atoms with Gasteiger partial charge in [-0.1, -0.05) is 19.8 Å². The van der Waals surface area contributed by atoms with Crippen molar-refractivity contribution in [2.45, 2.75) is 57.9 Å². The van der Waals surface area contributed by atoms with Gasteiger partial charge in [0.05, 0.1) is 7.11 Å². The lowest BCUT2D eigenvalue weighted by Crippen LogP contribution is -2.45. The molecule has 2 N–H and O–H groups in total. The van der Waals surface area contributed by atoms with Gasteiger partial charge in [0.1, 0.15) is 0 Å². The van der Waals surface area contributed by atoms with E-state index in [0.29, 0.717) is 12.8 Å². The molecule has 0 aliphatic carbocycles. The van der Waals surface area contributed by atoms with Gasteiger partial charge in [-0.25, -0.2) is 0 Å². The number of rotatable bonds is 9. The number of halogens is 1. The normalized spacial score (nSPS) is 17.0. The average molecular weight is 468 g/mol. The highest BCUT2D eigenvalue weighted by Gasteiger charge is 2.25. The Kier molecular flexibility index (Phi) is 13.5. The highest BCUT2D eigenvalue weighted by Crippen LogP contribution is 2.10. The van der Waals surface area contributed by atoms with Crippen LogP contribution >= 0.6 is 24.0 Å².